The largest absolute Gasteiger partial charge is 0.474 e. The summed E-state index contributed by atoms with van der Waals surface area (Å²) < 4.78 is 16.3. The van der Waals surface area contributed by atoms with Gasteiger partial charge in [-0.25, -0.2) is 9.78 Å². The van der Waals surface area contributed by atoms with Gasteiger partial charge >= 0.3 is 6.09 Å². The molecule has 3 heterocycles. The fourth-order valence-corrected chi connectivity index (χ4v) is 6.04. The summed E-state index contributed by atoms with van der Waals surface area (Å²) in [6.45, 7) is 13.2. The lowest BCUT2D eigenvalue weighted by Crippen LogP contribution is -2.48. The van der Waals surface area contributed by atoms with Gasteiger partial charge in [0.15, 0.2) is 5.76 Å². The molecule has 0 aliphatic carbocycles. The van der Waals surface area contributed by atoms with E-state index in [9.17, 15) is 19.5 Å². The molecule has 1 unspecified atom stereocenters. The summed E-state index contributed by atoms with van der Waals surface area (Å²) in [5.41, 5.74) is 4.16. The molecule has 1 saturated heterocycles. The SMILES string of the molecule is Cc1ncsc1-c1ccc([C@@H](C)NC(=O)[C@@H]2C[C@@H](O)CN2C(=O)C(c2cc(OCCNC(=O)OC(C)(C)C)no2)C(C)C)cc1. The van der Waals surface area contributed by atoms with Gasteiger partial charge in [0.25, 0.3) is 5.88 Å². The molecule has 1 aromatic carbocycles. The van der Waals surface area contributed by atoms with Gasteiger partial charge in [0.2, 0.25) is 11.8 Å². The van der Waals surface area contributed by atoms with Crippen LogP contribution in [0.25, 0.3) is 10.4 Å². The molecule has 12 nitrogen and oxygen atoms in total. The third kappa shape index (κ3) is 8.82. The number of benzene rings is 1. The lowest BCUT2D eigenvalue weighted by atomic mass is 9.91. The Balaban J connectivity index is 1.37. The first-order valence-electron chi connectivity index (χ1n) is 15.1. The number of aryl methyl sites for hydroxylation is 1. The minimum absolute atomic E-state index is 0.0330. The number of thiazole rings is 1. The number of amides is 3. The maximum absolute atomic E-state index is 13.9. The van der Waals surface area contributed by atoms with Crippen molar-refractivity contribution >= 4 is 29.2 Å². The van der Waals surface area contributed by atoms with Crippen LogP contribution in [0.1, 0.15) is 76.9 Å². The third-order valence-electron chi connectivity index (χ3n) is 7.41. The average molecular weight is 642 g/mol. The zero-order valence-electron chi connectivity index (χ0n) is 26.8. The molecule has 1 aliphatic rings. The molecule has 244 valence electrons. The van der Waals surface area contributed by atoms with Gasteiger partial charge < -0.3 is 34.6 Å². The topological polar surface area (TPSA) is 156 Å². The second-order valence-corrected chi connectivity index (χ2v) is 13.4. The summed E-state index contributed by atoms with van der Waals surface area (Å²) >= 11 is 1.58. The Labute approximate surface area is 267 Å². The van der Waals surface area contributed by atoms with Crippen molar-refractivity contribution in [3.8, 4) is 16.3 Å². The molecule has 4 atom stereocenters. The number of aliphatic hydroxyl groups is 1. The quantitative estimate of drug-likeness (QED) is 0.255. The molecule has 3 N–H and O–H groups in total. The maximum atomic E-state index is 13.9. The summed E-state index contributed by atoms with van der Waals surface area (Å²) in [4.78, 5) is 46.0. The molecule has 4 rings (SSSR count). The molecule has 13 heteroatoms. The molecule has 0 radical (unpaired) electrons. The fraction of sp³-hybridized carbons (Fsp3) is 0.531. The molecular formula is C32H43N5O7S. The Morgan fingerprint density at radius 3 is 2.51 bits per heavy atom. The zero-order valence-corrected chi connectivity index (χ0v) is 27.6. The van der Waals surface area contributed by atoms with Crippen LogP contribution in [0.15, 0.2) is 40.4 Å². The van der Waals surface area contributed by atoms with Gasteiger partial charge in [-0.05, 0) is 56.8 Å². The van der Waals surface area contributed by atoms with Gasteiger partial charge in [-0.15, -0.1) is 11.3 Å². The standard InChI is InChI=1S/C32H43N5O7S/c1-18(2)27(25-15-26(36-44-25)42-13-12-33-31(41)43-32(5,6)7)30(40)37-16-23(38)14-24(37)29(39)35-19(3)21-8-10-22(11-9-21)28-20(4)34-17-45-28/h8-11,15,17-19,23-24,27,38H,12-14,16H2,1-7H3,(H,33,41)(H,35,39)/t19-,23-,24+,27?/m1/s1. The number of hydrogen-bond donors (Lipinski definition) is 3. The second kappa shape index (κ2) is 14.4. The Morgan fingerprint density at radius 2 is 1.89 bits per heavy atom. The van der Waals surface area contributed by atoms with Crippen molar-refractivity contribution in [1.29, 1.82) is 0 Å². The van der Waals surface area contributed by atoms with Crippen molar-refractivity contribution in [2.45, 2.75) is 84.6 Å². The smallest absolute Gasteiger partial charge is 0.407 e. The number of ether oxygens (including phenoxy) is 2. The van der Waals surface area contributed by atoms with Crippen molar-refractivity contribution in [3.63, 3.8) is 0 Å². The molecule has 0 saturated carbocycles. The van der Waals surface area contributed by atoms with Crippen LogP contribution in [0.2, 0.25) is 0 Å². The highest BCUT2D eigenvalue weighted by Gasteiger charge is 2.43. The average Bonchev–Trinajstić information content (AvgIpc) is 3.70. The van der Waals surface area contributed by atoms with E-state index in [1.165, 1.54) is 11.0 Å². The van der Waals surface area contributed by atoms with Crippen LogP contribution in [-0.2, 0) is 14.3 Å². The summed E-state index contributed by atoms with van der Waals surface area (Å²) in [6.07, 6.45) is -1.26. The number of alkyl carbamates (subject to hydrolysis) is 1. The van der Waals surface area contributed by atoms with E-state index in [0.717, 1.165) is 21.7 Å². The minimum Gasteiger partial charge on any atom is -0.474 e. The highest BCUT2D eigenvalue weighted by atomic mass is 32.1. The second-order valence-electron chi connectivity index (χ2n) is 12.6. The van der Waals surface area contributed by atoms with E-state index in [-0.39, 0.29) is 61.5 Å². The van der Waals surface area contributed by atoms with Gasteiger partial charge in [-0.1, -0.05) is 38.1 Å². The first kappa shape index (κ1) is 33.9. The monoisotopic (exact) mass is 641 g/mol. The van der Waals surface area contributed by atoms with Crippen LogP contribution >= 0.6 is 11.3 Å². The molecule has 2 aromatic heterocycles. The lowest BCUT2D eigenvalue weighted by Gasteiger charge is -2.29. The van der Waals surface area contributed by atoms with Gasteiger partial charge in [-0.2, -0.15) is 0 Å². The fourth-order valence-electron chi connectivity index (χ4n) is 5.22. The number of hydrogen-bond acceptors (Lipinski definition) is 10. The predicted molar refractivity (Wildman–Crippen MR) is 169 cm³/mol. The predicted octanol–water partition coefficient (Wildman–Crippen LogP) is 4.59. The van der Waals surface area contributed by atoms with Crippen LogP contribution in [0.5, 0.6) is 5.88 Å². The molecule has 1 aliphatic heterocycles. The van der Waals surface area contributed by atoms with Crippen molar-refractivity contribution < 1.29 is 33.5 Å². The van der Waals surface area contributed by atoms with Crippen molar-refractivity contribution in [1.82, 2.24) is 25.7 Å². The number of nitrogens with zero attached hydrogens (tertiary/aromatic N) is 3. The Bertz CT molecular complexity index is 1460. The number of aromatic nitrogens is 2. The van der Waals surface area contributed by atoms with E-state index in [4.69, 9.17) is 14.0 Å². The Kier molecular flexibility index (Phi) is 10.9. The summed E-state index contributed by atoms with van der Waals surface area (Å²) in [5, 5.41) is 20.1. The molecule has 0 bridgehead atoms. The molecule has 45 heavy (non-hydrogen) atoms. The Morgan fingerprint density at radius 1 is 1.18 bits per heavy atom. The van der Waals surface area contributed by atoms with Crippen LogP contribution in [0, 0.1) is 12.8 Å². The number of carbonyl (C=O) groups is 3. The lowest BCUT2D eigenvalue weighted by molar-refractivity contribution is -0.141. The van der Waals surface area contributed by atoms with Crippen molar-refractivity contribution in [2.24, 2.45) is 5.92 Å². The van der Waals surface area contributed by atoms with E-state index in [1.54, 1.807) is 32.1 Å². The van der Waals surface area contributed by atoms with Crippen molar-refractivity contribution in [2.75, 3.05) is 19.7 Å². The van der Waals surface area contributed by atoms with E-state index in [2.05, 4.69) is 20.8 Å². The van der Waals surface area contributed by atoms with Crippen LogP contribution in [0.3, 0.4) is 0 Å². The summed E-state index contributed by atoms with van der Waals surface area (Å²) in [5.74, 6) is -1.18. The molecule has 3 amide bonds. The normalized spacial score (nSPS) is 18.0. The number of likely N-dealkylation sites (tertiary alicyclic amines) is 1. The van der Waals surface area contributed by atoms with E-state index < -0.39 is 29.8 Å². The summed E-state index contributed by atoms with van der Waals surface area (Å²) in [6, 6.07) is 8.34. The molecule has 1 fully saturated rings. The van der Waals surface area contributed by atoms with Crippen LogP contribution in [0.4, 0.5) is 4.79 Å². The van der Waals surface area contributed by atoms with Crippen molar-refractivity contribution in [3.05, 3.63) is 52.9 Å². The number of nitrogens with one attached hydrogen (secondary N) is 2. The first-order valence-corrected chi connectivity index (χ1v) is 16.0. The first-order chi connectivity index (χ1) is 21.2. The molecular weight excluding hydrogens is 598 g/mol. The highest BCUT2D eigenvalue weighted by molar-refractivity contribution is 7.13. The van der Waals surface area contributed by atoms with Gasteiger partial charge in [0, 0.05) is 19.0 Å². The number of aliphatic hydroxyl groups excluding tert-OH is 1. The number of carbonyl (C=O) groups excluding carboxylic acids is 3. The Hall–Kier alpha value is -3.97. The van der Waals surface area contributed by atoms with Gasteiger partial charge in [0.05, 0.1) is 34.8 Å². The number of β-amino-alcohol motifs (C(OH)–C–C–N with tert-alkyl or cyclic N) is 1. The minimum atomic E-state index is -0.840. The van der Waals surface area contributed by atoms with Crippen LogP contribution < -0.4 is 15.4 Å². The highest BCUT2D eigenvalue weighted by Crippen LogP contribution is 2.33. The summed E-state index contributed by atoms with van der Waals surface area (Å²) in [7, 11) is 0. The van der Waals surface area contributed by atoms with Crippen LogP contribution in [-0.4, -0.2) is 75.5 Å². The van der Waals surface area contributed by atoms with Gasteiger partial charge in [-0.3, -0.25) is 9.59 Å². The molecule has 0 spiro atoms. The van der Waals surface area contributed by atoms with E-state index >= 15 is 0 Å². The zero-order chi connectivity index (χ0) is 32.9. The van der Waals surface area contributed by atoms with E-state index in [0.29, 0.717) is 0 Å². The van der Waals surface area contributed by atoms with Gasteiger partial charge in [0.1, 0.15) is 24.2 Å². The van der Waals surface area contributed by atoms with E-state index in [1.807, 2.05) is 57.5 Å². The molecule has 3 aromatic rings. The third-order valence-corrected chi connectivity index (χ3v) is 8.39. The maximum Gasteiger partial charge on any atom is 0.407 e. The number of rotatable bonds is 11.